The number of hydrogen-bond acceptors (Lipinski definition) is 3. The molecule has 1 aliphatic heterocycles. The lowest BCUT2D eigenvalue weighted by atomic mass is 9.95. The van der Waals surface area contributed by atoms with E-state index < -0.39 is 11.9 Å². The van der Waals surface area contributed by atoms with Crippen LogP contribution >= 0.6 is 0 Å². The van der Waals surface area contributed by atoms with Gasteiger partial charge in [0.25, 0.3) is 0 Å². The Morgan fingerprint density at radius 1 is 1.32 bits per heavy atom. The SMILES string of the molecule is O=C(O)C1COc2ccc(-c3ccccn3)cc2C1. The fourth-order valence-electron chi connectivity index (χ4n) is 2.25. The van der Waals surface area contributed by atoms with Crippen molar-refractivity contribution in [2.45, 2.75) is 6.42 Å². The molecule has 1 unspecified atom stereocenters. The first-order chi connectivity index (χ1) is 9.24. The summed E-state index contributed by atoms with van der Waals surface area (Å²) < 4.78 is 5.49. The molecule has 96 valence electrons. The van der Waals surface area contributed by atoms with Crippen LogP contribution in [0.1, 0.15) is 5.56 Å². The molecular weight excluding hydrogens is 242 g/mol. The normalized spacial score (nSPS) is 17.4. The van der Waals surface area contributed by atoms with E-state index in [1.807, 2.05) is 36.4 Å². The number of carboxylic acid groups (broad SMARTS) is 1. The highest BCUT2D eigenvalue weighted by Gasteiger charge is 2.25. The third kappa shape index (κ3) is 2.29. The molecule has 0 spiro atoms. The number of benzene rings is 1. The molecule has 4 heteroatoms. The number of aromatic nitrogens is 1. The van der Waals surface area contributed by atoms with Crippen molar-refractivity contribution in [2.75, 3.05) is 6.61 Å². The number of aliphatic carboxylic acids is 1. The molecule has 19 heavy (non-hydrogen) atoms. The Hall–Kier alpha value is -2.36. The number of fused-ring (bicyclic) bond motifs is 1. The third-order valence-corrected chi connectivity index (χ3v) is 3.28. The lowest BCUT2D eigenvalue weighted by Gasteiger charge is -2.23. The van der Waals surface area contributed by atoms with Gasteiger partial charge in [-0.1, -0.05) is 6.07 Å². The Kier molecular flexibility index (Phi) is 2.91. The monoisotopic (exact) mass is 255 g/mol. The Balaban J connectivity index is 1.95. The van der Waals surface area contributed by atoms with E-state index in [-0.39, 0.29) is 6.61 Å². The van der Waals surface area contributed by atoms with Crippen molar-refractivity contribution < 1.29 is 14.6 Å². The molecule has 3 rings (SSSR count). The van der Waals surface area contributed by atoms with Gasteiger partial charge in [0.1, 0.15) is 12.4 Å². The predicted molar refractivity (Wildman–Crippen MR) is 70.0 cm³/mol. The molecule has 0 aliphatic carbocycles. The van der Waals surface area contributed by atoms with Crippen LogP contribution in [-0.4, -0.2) is 22.7 Å². The van der Waals surface area contributed by atoms with Gasteiger partial charge in [-0.05, 0) is 42.3 Å². The molecule has 0 bridgehead atoms. The summed E-state index contributed by atoms with van der Waals surface area (Å²) in [6.45, 7) is 0.241. The van der Waals surface area contributed by atoms with Crippen molar-refractivity contribution in [1.29, 1.82) is 0 Å². The van der Waals surface area contributed by atoms with Gasteiger partial charge in [0.2, 0.25) is 0 Å². The quantitative estimate of drug-likeness (QED) is 0.895. The third-order valence-electron chi connectivity index (χ3n) is 3.28. The van der Waals surface area contributed by atoms with Crippen LogP contribution in [0.2, 0.25) is 0 Å². The highest BCUT2D eigenvalue weighted by Crippen LogP contribution is 2.31. The van der Waals surface area contributed by atoms with Crippen LogP contribution in [-0.2, 0) is 11.2 Å². The van der Waals surface area contributed by atoms with Gasteiger partial charge in [0, 0.05) is 11.8 Å². The molecule has 2 aromatic rings. The Morgan fingerprint density at radius 3 is 2.95 bits per heavy atom. The Labute approximate surface area is 110 Å². The first-order valence-corrected chi connectivity index (χ1v) is 6.14. The zero-order valence-corrected chi connectivity index (χ0v) is 10.2. The Bertz CT molecular complexity index is 610. The van der Waals surface area contributed by atoms with Crippen molar-refractivity contribution in [3.63, 3.8) is 0 Å². The van der Waals surface area contributed by atoms with Gasteiger partial charge in [-0.15, -0.1) is 0 Å². The average molecular weight is 255 g/mol. The first-order valence-electron chi connectivity index (χ1n) is 6.14. The standard InChI is InChI=1S/C15H13NO3/c17-15(18)12-8-11-7-10(4-5-14(11)19-9-12)13-3-1-2-6-16-13/h1-7,12H,8-9H2,(H,17,18). The first kappa shape index (κ1) is 11.7. The van der Waals surface area contributed by atoms with Crippen LogP contribution in [0.5, 0.6) is 5.75 Å². The van der Waals surface area contributed by atoms with E-state index in [1.165, 1.54) is 0 Å². The van der Waals surface area contributed by atoms with E-state index >= 15 is 0 Å². The summed E-state index contributed by atoms with van der Waals surface area (Å²) >= 11 is 0. The fraction of sp³-hybridized carbons (Fsp3) is 0.200. The molecule has 1 atom stereocenters. The summed E-state index contributed by atoms with van der Waals surface area (Å²) in [6.07, 6.45) is 2.25. The van der Waals surface area contributed by atoms with Gasteiger partial charge in [0.05, 0.1) is 11.6 Å². The van der Waals surface area contributed by atoms with Crippen molar-refractivity contribution in [3.05, 3.63) is 48.2 Å². The van der Waals surface area contributed by atoms with Crippen molar-refractivity contribution >= 4 is 5.97 Å². The highest BCUT2D eigenvalue weighted by atomic mass is 16.5. The predicted octanol–water partition coefficient (Wildman–Crippen LogP) is 2.38. The molecule has 1 aliphatic rings. The van der Waals surface area contributed by atoms with Gasteiger partial charge in [-0.2, -0.15) is 0 Å². The topological polar surface area (TPSA) is 59.4 Å². The van der Waals surface area contributed by atoms with E-state index in [9.17, 15) is 4.79 Å². The summed E-state index contributed by atoms with van der Waals surface area (Å²) in [6, 6.07) is 11.5. The molecule has 2 heterocycles. The second-order valence-corrected chi connectivity index (χ2v) is 4.59. The van der Waals surface area contributed by atoms with E-state index in [2.05, 4.69) is 4.98 Å². The summed E-state index contributed by atoms with van der Waals surface area (Å²) in [4.78, 5) is 15.3. The minimum atomic E-state index is -0.811. The number of pyridine rings is 1. The molecule has 1 aromatic heterocycles. The maximum Gasteiger partial charge on any atom is 0.310 e. The van der Waals surface area contributed by atoms with E-state index in [1.54, 1.807) is 6.20 Å². The molecule has 0 radical (unpaired) electrons. The van der Waals surface area contributed by atoms with Gasteiger partial charge in [0.15, 0.2) is 0 Å². The van der Waals surface area contributed by atoms with E-state index in [4.69, 9.17) is 9.84 Å². The van der Waals surface area contributed by atoms with Crippen LogP contribution in [0.15, 0.2) is 42.6 Å². The summed E-state index contributed by atoms with van der Waals surface area (Å²) in [5.41, 5.74) is 2.79. The smallest absolute Gasteiger partial charge is 0.310 e. The highest BCUT2D eigenvalue weighted by molar-refractivity contribution is 5.72. The van der Waals surface area contributed by atoms with E-state index in [0.717, 1.165) is 22.6 Å². The maximum absolute atomic E-state index is 11.0. The zero-order chi connectivity index (χ0) is 13.2. The summed E-state index contributed by atoms with van der Waals surface area (Å²) in [7, 11) is 0. The molecule has 0 saturated carbocycles. The van der Waals surface area contributed by atoms with Gasteiger partial charge < -0.3 is 9.84 Å². The molecule has 4 nitrogen and oxygen atoms in total. The minimum Gasteiger partial charge on any atom is -0.492 e. The van der Waals surface area contributed by atoms with Gasteiger partial charge in [-0.3, -0.25) is 9.78 Å². The molecule has 1 aromatic carbocycles. The maximum atomic E-state index is 11.0. The molecule has 0 amide bonds. The molecular formula is C15H13NO3. The number of carboxylic acids is 1. The van der Waals surface area contributed by atoms with Crippen LogP contribution in [0.3, 0.4) is 0 Å². The van der Waals surface area contributed by atoms with Gasteiger partial charge in [-0.25, -0.2) is 0 Å². The second-order valence-electron chi connectivity index (χ2n) is 4.59. The van der Waals surface area contributed by atoms with E-state index in [0.29, 0.717) is 6.42 Å². The van der Waals surface area contributed by atoms with Crippen molar-refractivity contribution in [2.24, 2.45) is 5.92 Å². The average Bonchev–Trinajstić information content (AvgIpc) is 2.47. The summed E-state index contributed by atoms with van der Waals surface area (Å²) in [5.74, 6) is -0.502. The minimum absolute atomic E-state index is 0.241. The zero-order valence-electron chi connectivity index (χ0n) is 10.2. The number of ether oxygens (including phenoxy) is 1. The van der Waals surface area contributed by atoms with Crippen LogP contribution < -0.4 is 4.74 Å². The van der Waals surface area contributed by atoms with Gasteiger partial charge >= 0.3 is 5.97 Å². The van der Waals surface area contributed by atoms with Crippen LogP contribution in [0.4, 0.5) is 0 Å². The second kappa shape index (κ2) is 4.72. The molecule has 0 fully saturated rings. The Morgan fingerprint density at radius 2 is 2.21 bits per heavy atom. The number of carbonyl (C=O) groups is 1. The number of hydrogen-bond donors (Lipinski definition) is 1. The van der Waals surface area contributed by atoms with Crippen LogP contribution in [0, 0.1) is 5.92 Å². The van der Waals surface area contributed by atoms with Crippen LogP contribution in [0.25, 0.3) is 11.3 Å². The number of nitrogens with zero attached hydrogens (tertiary/aromatic N) is 1. The van der Waals surface area contributed by atoms with Crippen molar-refractivity contribution in [1.82, 2.24) is 4.98 Å². The number of rotatable bonds is 2. The fourth-order valence-corrected chi connectivity index (χ4v) is 2.25. The summed E-state index contributed by atoms with van der Waals surface area (Å²) in [5, 5.41) is 9.06. The largest absolute Gasteiger partial charge is 0.492 e. The molecule has 1 N–H and O–H groups in total. The molecule has 0 saturated heterocycles. The lowest BCUT2D eigenvalue weighted by Crippen LogP contribution is -2.27. The van der Waals surface area contributed by atoms with Crippen molar-refractivity contribution in [3.8, 4) is 17.0 Å². The lowest BCUT2D eigenvalue weighted by molar-refractivity contribution is -0.143.